The smallest absolute Gasteiger partial charge is 0.225 e. The number of hydrogen-bond acceptors (Lipinski definition) is 6. The first-order chi connectivity index (χ1) is 13.5. The van der Waals surface area contributed by atoms with Gasteiger partial charge in [-0.1, -0.05) is 11.6 Å². The maximum Gasteiger partial charge on any atom is 0.225 e. The fraction of sp³-hybridized carbons (Fsp3) is 0.500. The minimum atomic E-state index is 0.193. The van der Waals surface area contributed by atoms with Crippen LogP contribution in [0.2, 0.25) is 0 Å². The van der Waals surface area contributed by atoms with Gasteiger partial charge in [-0.2, -0.15) is 0 Å². The Hall–Kier alpha value is -2.31. The molecule has 0 aliphatic carbocycles. The highest BCUT2D eigenvalue weighted by molar-refractivity contribution is 5.62. The molecule has 3 rings (SSSR count). The average Bonchev–Trinajstić information content (AvgIpc) is 2.67. The minimum absolute atomic E-state index is 0.193. The van der Waals surface area contributed by atoms with Gasteiger partial charge < -0.3 is 10.0 Å². The molecule has 0 radical (unpaired) electrons. The summed E-state index contributed by atoms with van der Waals surface area (Å²) in [4.78, 5) is 18.6. The van der Waals surface area contributed by atoms with E-state index in [9.17, 15) is 5.11 Å². The number of aliphatic hydroxyl groups excluding tert-OH is 1. The largest absolute Gasteiger partial charge is 0.396 e. The lowest BCUT2D eigenvalue weighted by Crippen LogP contribution is -2.54. The molecule has 0 amide bonds. The monoisotopic (exact) mass is 381 g/mol. The normalized spacial score (nSPS) is 17.6. The summed E-state index contributed by atoms with van der Waals surface area (Å²) in [6.45, 7) is 12.0. The van der Waals surface area contributed by atoms with Crippen molar-refractivity contribution < 1.29 is 5.11 Å². The molecule has 1 saturated heterocycles. The molecule has 0 bridgehead atoms. The predicted octanol–water partition coefficient (Wildman–Crippen LogP) is 2.99. The van der Waals surface area contributed by atoms with Crippen LogP contribution in [0.4, 0.5) is 5.95 Å². The average molecular weight is 382 g/mol. The van der Waals surface area contributed by atoms with Crippen molar-refractivity contribution in [3.8, 4) is 11.3 Å². The van der Waals surface area contributed by atoms with E-state index < -0.39 is 0 Å². The van der Waals surface area contributed by atoms with Gasteiger partial charge in [0.05, 0.1) is 5.69 Å². The standard InChI is InChI=1S/C22H31N5O/c1-16(2)8-11-26-12-13-27(15-19(26)9-14-28)22-23-10-7-21(25-22)20-6-5-17(3)24-18(20)4/h5-8,10,19,28H,9,11-15H2,1-4H3. The minimum Gasteiger partial charge on any atom is -0.396 e. The molecule has 1 unspecified atom stereocenters. The van der Waals surface area contributed by atoms with Crippen LogP contribution in [0, 0.1) is 13.8 Å². The molecule has 1 N–H and O–H groups in total. The summed E-state index contributed by atoms with van der Waals surface area (Å²) in [6, 6.07) is 6.34. The van der Waals surface area contributed by atoms with Crippen LogP contribution in [0.5, 0.6) is 0 Å². The van der Waals surface area contributed by atoms with Crippen molar-refractivity contribution >= 4 is 5.95 Å². The number of nitrogens with zero attached hydrogens (tertiary/aromatic N) is 5. The Morgan fingerprint density at radius 3 is 2.71 bits per heavy atom. The van der Waals surface area contributed by atoms with E-state index in [0.29, 0.717) is 6.04 Å². The summed E-state index contributed by atoms with van der Waals surface area (Å²) in [7, 11) is 0. The second-order valence-electron chi connectivity index (χ2n) is 7.72. The summed E-state index contributed by atoms with van der Waals surface area (Å²) < 4.78 is 0. The predicted molar refractivity (Wildman–Crippen MR) is 113 cm³/mol. The molecule has 6 heteroatoms. The zero-order chi connectivity index (χ0) is 20.1. The van der Waals surface area contributed by atoms with Gasteiger partial charge in [0, 0.05) is 62.0 Å². The molecule has 1 atom stereocenters. The van der Waals surface area contributed by atoms with Crippen LogP contribution in [0.1, 0.15) is 31.7 Å². The fourth-order valence-corrected chi connectivity index (χ4v) is 3.65. The van der Waals surface area contributed by atoms with Crippen molar-refractivity contribution in [3.05, 3.63) is 47.4 Å². The summed E-state index contributed by atoms with van der Waals surface area (Å²) >= 11 is 0. The third kappa shape index (κ3) is 4.94. The molecule has 1 aliphatic rings. The van der Waals surface area contributed by atoms with E-state index in [2.05, 4.69) is 45.8 Å². The molecule has 2 aromatic heterocycles. The Morgan fingerprint density at radius 1 is 1.18 bits per heavy atom. The Bertz CT molecular complexity index is 831. The number of allylic oxidation sites excluding steroid dienone is 1. The highest BCUT2D eigenvalue weighted by atomic mass is 16.3. The molecule has 0 saturated carbocycles. The summed E-state index contributed by atoms with van der Waals surface area (Å²) in [6.07, 6.45) is 4.84. The molecule has 150 valence electrons. The number of aliphatic hydroxyl groups is 1. The van der Waals surface area contributed by atoms with Gasteiger partial charge >= 0.3 is 0 Å². The molecule has 6 nitrogen and oxygen atoms in total. The lowest BCUT2D eigenvalue weighted by Gasteiger charge is -2.41. The lowest BCUT2D eigenvalue weighted by atomic mass is 10.1. The Balaban J connectivity index is 1.79. The third-order valence-electron chi connectivity index (χ3n) is 5.23. The van der Waals surface area contributed by atoms with Crippen LogP contribution in [-0.2, 0) is 0 Å². The van der Waals surface area contributed by atoms with Gasteiger partial charge in [-0.3, -0.25) is 9.88 Å². The molecule has 2 aromatic rings. The van der Waals surface area contributed by atoms with Gasteiger partial charge in [-0.25, -0.2) is 9.97 Å². The Kier molecular flexibility index (Phi) is 6.75. The van der Waals surface area contributed by atoms with Gasteiger partial charge in [0.2, 0.25) is 5.95 Å². The Labute approximate surface area is 168 Å². The second kappa shape index (κ2) is 9.26. The van der Waals surface area contributed by atoms with Gasteiger partial charge in [0.1, 0.15) is 0 Å². The van der Waals surface area contributed by atoms with Crippen molar-refractivity contribution in [2.24, 2.45) is 0 Å². The molecule has 1 fully saturated rings. The number of rotatable bonds is 6. The molecule has 0 spiro atoms. The van der Waals surface area contributed by atoms with E-state index in [-0.39, 0.29) is 6.61 Å². The Morgan fingerprint density at radius 2 is 2.00 bits per heavy atom. The van der Waals surface area contributed by atoms with Crippen molar-refractivity contribution in [1.29, 1.82) is 0 Å². The number of piperazine rings is 1. The highest BCUT2D eigenvalue weighted by Gasteiger charge is 2.27. The maximum absolute atomic E-state index is 9.52. The highest BCUT2D eigenvalue weighted by Crippen LogP contribution is 2.23. The van der Waals surface area contributed by atoms with Crippen LogP contribution in [-0.4, -0.2) is 63.8 Å². The van der Waals surface area contributed by atoms with Crippen molar-refractivity contribution in [2.75, 3.05) is 37.7 Å². The zero-order valence-electron chi connectivity index (χ0n) is 17.4. The number of pyridine rings is 1. The topological polar surface area (TPSA) is 65.4 Å². The first kappa shape index (κ1) is 20.4. The SMILES string of the molecule is CC(C)=CCN1CCN(c2nccc(-c3ccc(C)nc3C)n2)CC1CCO. The zero-order valence-corrected chi connectivity index (χ0v) is 17.4. The van der Waals surface area contributed by atoms with E-state index in [1.807, 2.05) is 32.2 Å². The van der Waals surface area contributed by atoms with Crippen LogP contribution in [0.3, 0.4) is 0 Å². The summed E-state index contributed by atoms with van der Waals surface area (Å²) in [5.74, 6) is 0.752. The van der Waals surface area contributed by atoms with Gasteiger partial charge in [-0.05, 0) is 52.3 Å². The molecular formula is C22H31N5O. The van der Waals surface area contributed by atoms with E-state index >= 15 is 0 Å². The molecule has 28 heavy (non-hydrogen) atoms. The maximum atomic E-state index is 9.52. The quantitative estimate of drug-likeness (QED) is 0.776. The molecule has 0 aromatic carbocycles. The van der Waals surface area contributed by atoms with Gasteiger partial charge in [-0.15, -0.1) is 0 Å². The van der Waals surface area contributed by atoms with Crippen LogP contribution in [0.25, 0.3) is 11.3 Å². The van der Waals surface area contributed by atoms with Gasteiger partial charge in [0.25, 0.3) is 0 Å². The summed E-state index contributed by atoms with van der Waals surface area (Å²) in [5.41, 5.74) is 5.26. The van der Waals surface area contributed by atoms with E-state index in [1.165, 1.54) is 5.57 Å². The number of hydrogen-bond donors (Lipinski definition) is 1. The molecule has 3 heterocycles. The van der Waals surface area contributed by atoms with Crippen molar-refractivity contribution in [2.45, 2.75) is 40.2 Å². The van der Waals surface area contributed by atoms with Crippen molar-refractivity contribution in [3.63, 3.8) is 0 Å². The van der Waals surface area contributed by atoms with Crippen LogP contribution in [0.15, 0.2) is 36.0 Å². The number of aromatic nitrogens is 3. The summed E-state index contributed by atoms with van der Waals surface area (Å²) in [5, 5.41) is 9.52. The lowest BCUT2D eigenvalue weighted by molar-refractivity contribution is 0.155. The molecule has 1 aliphatic heterocycles. The fourth-order valence-electron chi connectivity index (χ4n) is 3.65. The van der Waals surface area contributed by atoms with E-state index in [1.54, 1.807) is 0 Å². The van der Waals surface area contributed by atoms with Crippen molar-refractivity contribution in [1.82, 2.24) is 19.9 Å². The second-order valence-corrected chi connectivity index (χ2v) is 7.72. The first-order valence-corrected chi connectivity index (χ1v) is 9.99. The third-order valence-corrected chi connectivity index (χ3v) is 5.23. The van der Waals surface area contributed by atoms with E-state index in [4.69, 9.17) is 4.98 Å². The molecular weight excluding hydrogens is 350 g/mol. The van der Waals surface area contributed by atoms with E-state index in [0.717, 1.165) is 61.2 Å². The van der Waals surface area contributed by atoms with Crippen LogP contribution < -0.4 is 4.90 Å². The number of aryl methyl sites for hydroxylation is 2. The number of anilines is 1. The van der Waals surface area contributed by atoms with Gasteiger partial charge in [0.15, 0.2) is 0 Å². The van der Waals surface area contributed by atoms with Crippen LogP contribution >= 0.6 is 0 Å². The first-order valence-electron chi connectivity index (χ1n) is 9.99.